The number of para-hydroxylation sites is 1. The Morgan fingerprint density at radius 2 is 1.57 bits per heavy atom. The molecular weight excluding hydrogens is 651 g/mol. The van der Waals surface area contributed by atoms with Crippen molar-refractivity contribution in [1.29, 1.82) is 0 Å². The van der Waals surface area contributed by atoms with Crippen molar-refractivity contribution in [3.63, 3.8) is 0 Å². The topological polar surface area (TPSA) is 54.3 Å². The van der Waals surface area contributed by atoms with E-state index < -0.39 is 0 Å². The van der Waals surface area contributed by atoms with Gasteiger partial charge in [-0.3, -0.25) is 0 Å². The summed E-state index contributed by atoms with van der Waals surface area (Å²) < 4.78 is 9.27. The van der Waals surface area contributed by atoms with E-state index in [4.69, 9.17) is 9.72 Å². The van der Waals surface area contributed by atoms with E-state index in [-0.39, 0.29) is 6.23 Å². The van der Waals surface area contributed by atoms with E-state index in [0.29, 0.717) is 0 Å². The first-order valence-corrected chi connectivity index (χ1v) is 18.7. The number of allylic oxidation sites excluding steroid dienone is 9. The van der Waals surface area contributed by atoms with Gasteiger partial charge in [0.15, 0.2) is 12.0 Å². The van der Waals surface area contributed by atoms with Crippen molar-refractivity contribution in [2.75, 3.05) is 20.1 Å². The number of ether oxygens (including phenoxy) is 1. The Kier molecular flexibility index (Phi) is 7.75. The molecule has 0 fully saturated rings. The van der Waals surface area contributed by atoms with Crippen molar-refractivity contribution in [3.8, 4) is 11.1 Å². The predicted octanol–water partition coefficient (Wildman–Crippen LogP) is 9.70. The van der Waals surface area contributed by atoms with Crippen molar-refractivity contribution in [2.45, 2.75) is 31.9 Å². The van der Waals surface area contributed by atoms with Crippen LogP contribution in [0.5, 0.6) is 0 Å². The molecule has 0 amide bonds. The number of rotatable bonds is 6. The largest absolute Gasteiger partial charge is 0.464 e. The molecule has 0 spiro atoms. The minimum atomic E-state index is -0.172. The van der Waals surface area contributed by atoms with Gasteiger partial charge in [0.25, 0.3) is 0 Å². The lowest BCUT2D eigenvalue weighted by molar-refractivity contribution is 0.174. The van der Waals surface area contributed by atoms with E-state index in [9.17, 15) is 0 Å². The monoisotopic (exact) mass is 691 g/mol. The van der Waals surface area contributed by atoms with Gasteiger partial charge in [0, 0.05) is 48.0 Å². The van der Waals surface area contributed by atoms with Crippen LogP contribution in [0, 0.1) is 0 Å². The summed E-state index contributed by atoms with van der Waals surface area (Å²) in [5.74, 6) is 0.999. The third-order valence-corrected chi connectivity index (χ3v) is 11.0. The molecule has 0 saturated heterocycles. The number of hydrogen-bond donors (Lipinski definition) is 2. The van der Waals surface area contributed by atoms with Crippen molar-refractivity contribution < 1.29 is 4.74 Å². The zero-order valence-corrected chi connectivity index (χ0v) is 29.8. The minimum absolute atomic E-state index is 0.172. The first kappa shape index (κ1) is 31.5. The van der Waals surface area contributed by atoms with Crippen molar-refractivity contribution in [2.24, 2.45) is 0 Å². The van der Waals surface area contributed by atoms with E-state index in [2.05, 4.69) is 161 Å². The van der Waals surface area contributed by atoms with Crippen LogP contribution in [0.25, 0.3) is 50.2 Å². The lowest BCUT2D eigenvalue weighted by Crippen LogP contribution is -2.16. The molecule has 0 bridgehead atoms. The summed E-state index contributed by atoms with van der Waals surface area (Å²) in [5.41, 5.74) is 16.6. The lowest BCUT2D eigenvalue weighted by Gasteiger charge is -2.22. The molecule has 6 heteroatoms. The first-order chi connectivity index (χ1) is 26.2. The standard InChI is InChI=1S/C47H41N5O/c1-51-26-22-34(23-27-51)41-29-37(32-16-14-31(15-17-32)33-20-24-48-25-21-33)30-42(49-41)36-10-7-11-38(28-36)52-43-13-6-5-12-39(43)45-44(52)19-18-40-46(45)53-47(50-40)35-8-3-2-4-9-35/h2-6,8-10,12-17,20-24,26,28-30,47-48,50H,7,11,18-19,25,27H2,1H3/t47-/m1/s1. The third-order valence-electron chi connectivity index (χ3n) is 11.0. The van der Waals surface area contributed by atoms with Gasteiger partial charge in [-0.2, -0.15) is 0 Å². The highest BCUT2D eigenvalue weighted by molar-refractivity contribution is 5.98. The van der Waals surface area contributed by atoms with Crippen LogP contribution in [0.4, 0.5) is 0 Å². The highest BCUT2D eigenvalue weighted by Gasteiger charge is 2.35. The average molecular weight is 692 g/mol. The number of aromatic nitrogens is 2. The molecule has 6 nitrogen and oxygen atoms in total. The molecule has 3 aliphatic heterocycles. The van der Waals surface area contributed by atoms with Crippen LogP contribution >= 0.6 is 0 Å². The minimum Gasteiger partial charge on any atom is -0.464 e. The average Bonchev–Trinajstić information content (AvgIpc) is 3.81. The second-order valence-electron chi connectivity index (χ2n) is 14.4. The number of dihydropyridines is 1. The number of nitrogens with one attached hydrogen (secondary N) is 2. The molecule has 0 saturated carbocycles. The zero-order valence-electron chi connectivity index (χ0n) is 29.8. The molecule has 5 aromatic rings. The lowest BCUT2D eigenvalue weighted by atomic mass is 9.94. The van der Waals surface area contributed by atoms with Gasteiger partial charge in [0.1, 0.15) is 0 Å². The SMILES string of the molecule is CN1C=CC(c2cc(-c3ccc(C4=CCNC=C4)cc3)cc(C3=CCCC(n4c5c(c6ccccc64)C4=C(CC5)N[C@@H](c5ccccc5)O4)=C3)n2)=CC1. The Balaban J connectivity index is 1.04. The molecule has 2 N–H and O–H groups in total. The van der Waals surface area contributed by atoms with Crippen molar-refractivity contribution in [3.05, 3.63) is 179 Å². The molecular formula is C47H41N5O. The van der Waals surface area contributed by atoms with Gasteiger partial charge in [-0.1, -0.05) is 91.0 Å². The van der Waals surface area contributed by atoms with Gasteiger partial charge < -0.3 is 24.8 Å². The van der Waals surface area contributed by atoms with Gasteiger partial charge in [-0.15, -0.1) is 0 Å². The highest BCUT2D eigenvalue weighted by atomic mass is 16.5. The molecule has 3 aromatic carbocycles. The van der Waals surface area contributed by atoms with Crippen LogP contribution in [0.2, 0.25) is 0 Å². The maximum absolute atomic E-state index is 6.74. The van der Waals surface area contributed by atoms with E-state index in [0.717, 1.165) is 67.1 Å². The Hall–Kier alpha value is -6.27. The Morgan fingerprint density at radius 1 is 0.755 bits per heavy atom. The number of fused-ring (bicyclic) bond motifs is 4. The quantitative estimate of drug-likeness (QED) is 0.186. The van der Waals surface area contributed by atoms with E-state index in [1.54, 1.807) is 0 Å². The zero-order chi connectivity index (χ0) is 35.3. The van der Waals surface area contributed by atoms with Crippen molar-refractivity contribution >= 4 is 39.1 Å². The number of likely N-dealkylation sites (N-methyl/N-ethyl adjacent to an activating group) is 1. The predicted molar refractivity (Wildman–Crippen MR) is 217 cm³/mol. The normalized spacial score (nSPS) is 19.0. The van der Waals surface area contributed by atoms with Crippen molar-refractivity contribution in [1.82, 2.24) is 25.1 Å². The van der Waals surface area contributed by atoms with Crippen LogP contribution in [0.3, 0.4) is 0 Å². The second-order valence-corrected chi connectivity index (χ2v) is 14.4. The maximum Gasteiger partial charge on any atom is 0.196 e. The summed E-state index contributed by atoms with van der Waals surface area (Å²) in [4.78, 5) is 7.53. The molecule has 1 atom stereocenters. The van der Waals surface area contributed by atoms with Gasteiger partial charge in [-0.25, -0.2) is 4.98 Å². The molecule has 2 aromatic heterocycles. The Morgan fingerprint density at radius 3 is 2.38 bits per heavy atom. The fourth-order valence-corrected chi connectivity index (χ4v) is 8.30. The first-order valence-electron chi connectivity index (χ1n) is 18.7. The van der Waals surface area contributed by atoms with Crippen LogP contribution in [0.1, 0.15) is 59.3 Å². The van der Waals surface area contributed by atoms with Crippen LogP contribution in [-0.2, 0) is 11.2 Å². The number of benzene rings is 3. The van der Waals surface area contributed by atoms with E-state index >= 15 is 0 Å². The van der Waals surface area contributed by atoms with Gasteiger partial charge in [0.05, 0.1) is 22.6 Å². The number of pyridine rings is 1. The molecule has 5 heterocycles. The summed E-state index contributed by atoms with van der Waals surface area (Å²) in [6.45, 7) is 1.72. The second kappa shape index (κ2) is 13.1. The van der Waals surface area contributed by atoms with Gasteiger partial charge in [0.2, 0.25) is 0 Å². The van der Waals surface area contributed by atoms with Gasteiger partial charge >= 0.3 is 0 Å². The summed E-state index contributed by atoms with van der Waals surface area (Å²) >= 11 is 0. The summed E-state index contributed by atoms with van der Waals surface area (Å²) in [6.07, 6.45) is 21.3. The molecule has 0 unspecified atom stereocenters. The van der Waals surface area contributed by atoms with E-state index in [1.807, 2.05) is 6.20 Å². The third kappa shape index (κ3) is 5.71. The van der Waals surface area contributed by atoms with Crippen LogP contribution < -0.4 is 10.6 Å². The highest BCUT2D eigenvalue weighted by Crippen LogP contribution is 2.46. The fourth-order valence-electron chi connectivity index (χ4n) is 8.30. The summed E-state index contributed by atoms with van der Waals surface area (Å²) in [5, 5.41) is 8.19. The summed E-state index contributed by atoms with van der Waals surface area (Å²) in [6, 6.07) is 32.8. The molecule has 2 aliphatic carbocycles. The number of nitrogens with zero attached hydrogens (tertiary/aromatic N) is 3. The van der Waals surface area contributed by atoms with Crippen LogP contribution in [0.15, 0.2) is 146 Å². The molecule has 0 radical (unpaired) electrons. The smallest absolute Gasteiger partial charge is 0.196 e. The molecule has 5 aliphatic rings. The Labute approximate surface area is 310 Å². The molecule has 260 valence electrons. The Bertz CT molecular complexity index is 2490. The van der Waals surface area contributed by atoms with E-state index in [1.165, 1.54) is 61.4 Å². The molecule has 10 rings (SSSR count). The maximum atomic E-state index is 6.74. The summed E-state index contributed by atoms with van der Waals surface area (Å²) in [7, 11) is 2.10. The van der Waals surface area contributed by atoms with Gasteiger partial charge in [-0.05, 0) is 108 Å². The molecule has 53 heavy (non-hydrogen) atoms. The number of hydrogen-bond acceptors (Lipinski definition) is 5. The fraction of sp³-hybridized carbons (Fsp3) is 0.170. The van der Waals surface area contributed by atoms with Crippen LogP contribution in [-0.4, -0.2) is 34.6 Å².